The fourth-order valence-electron chi connectivity index (χ4n) is 3.01. The van der Waals surface area contributed by atoms with Crippen molar-refractivity contribution in [3.8, 4) is 0 Å². The van der Waals surface area contributed by atoms with Crippen LogP contribution in [0.1, 0.15) is 28.9 Å². The lowest BCUT2D eigenvalue weighted by atomic mass is 9.82. The van der Waals surface area contributed by atoms with E-state index in [0.717, 1.165) is 29.4 Å². The Balaban J connectivity index is 1.86. The maximum Gasteiger partial charge on any atom is 0.254 e. The van der Waals surface area contributed by atoms with Crippen LogP contribution in [0.5, 0.6) is 0 Å². The Hall–Kier alpha value is -1.94. The molecule has 110 valence electrons. The molecule has 1 saturated carbocycles. The summed E-state index contributed by atoms with van der Waals surface area (Å²) >= 11 is 0. The van der Waals surface area contributed by atoms with Gasteiger partial charge in [-0.2, -0.15) is 0 Å². The van der Waals surface area contributed by atoms with Crippen LogP contribution in [0.25, 0.3) is 10.9 Å². The van der Waals surface area contributed by atoms with Crippen LogP contribution in [-0.4, -0.2) is 40.6 Å². The van der Waals surface area contributed by atoms with Crippen molar-refractivity contribution in [3.63, 3.8) is 0 Å². The van der Waals surface area contributed by atoms with Gasteiger partial charge in [-0.1, -0.05) is 18.2 Å². The average Bonchev–Trinajstić information content (AvgIpc) is 2.43. The number of pyridine rings is 1. The van der Waals surface area contributed by atoms with E-state index in [1.54, 1.807) is 4.90 Å². The van der Waals surface area contributed by atoms with Crippen LogP contribution in [0.3, 0.4) is 0 Å². The van der Waals surface area contributed by atoms with Gasteiger partial charge in [0.1, 0.15) is 0 Å². The number of hydrogen-bond donors (Lipinski definition) is 1. The smallest absolute Gasteiger partial charge is 0.254 e. The lowest BCUT2D eigenvalue weighted by molar-refractivity contribution is 0.0266. The van der Waals surface area contributed by atoms with Crippen molar-refractivity contribution in [2.75, 3.05) is 13.6 Å². The molecule has 0 saturated heterocycles. The van der Waals surface area contributed by atoms with Gasteiger partial charge in [0.25, 0.3) is 5.91 Å². The summed E-state index contributed by atoms with van der Waals surface area (Å²) in [6, 6.07) is 9.59. The lowest BCUT2D eigenvalue weighted by Crippen LogP contribution is -2.39. The molecule has 1 aliphatic rings. The third kappa shape index (κ3) is 2.76. The van der Waals surface area contributed by atoms with Gasteiger partial charge in [-0.25, -0.2) is 0 Å². The van der Waals surface area contributed by atoms with Crippen LogP contribution >= 0.6 is 0 Å². The molecule has 0 spiro atoms. The minimum Gasteiger partial charge on any atom is -0.393 e. The summed E-state index contributed by atoms with van der Waals surface area (Å²) < 4.78 is 0. The number of aliphatic hydroxyl groups excluding tert-OH is 1. The van der Waals surface area contributed by atoms with E-state index in [4.69, 9.17) is 0 Å². The predicted molar refractivity (Wildman–Crippen MR) is 82.2 cm³/mol. The first-order valence-electron chi connectivity index (χ1n) is 7.34. The highest BCUT2D eigenvalue weighted by molar-refractivity contribution is 6.06. The number of carbonyl (C=O) groups is 1. The molecule has 1 aliphatic carbocycles. The molecule has 0 bridgehead atoms. The van der Waals surface area contributed by atoms with E-state index < -0.39 is 0 Å². The van der Waals surface area contributed by atoms with Crippen molar-refractivity contribution >= 4 is 16.8 Å². The van der Waals surface area contributed by atoms with Crippen molar-refractivity contribution in [2.24, 2.45) is 5.92 Å². The number of fused-ring (bicyclic) bond motifs is 1. The summed E-state index contributed by atoms with van der Waals surface area (Å²) in [5.41, 5.74) is 2.42. The van der Waals surface area contributed by atoms with Crippen molar-refractivity contribution in [2.45, 2.75) is 25.9 Å². The zero-order valence-electron chi connectivity index (χ0n) is 12.4. The van der Waals surface area contributed by atoms with Gasteiger partial charge < -0.3 is 10.0 Å². The van der Waals surface area contributed by atoms with Gasteiger partial charge in [-0.05, 0) is 37.8 Å². The molecule has 4 heteroatoms. The normalized spacial score (nSPS) is 21.1. The molecule has 1 fully saturated rings. The zero-order valence-corrected chi connectivity index (χ0v) is 12.4. The first kappa shape index (κ1) is 14.0. The SMILES string of the molecule is Cc1cc(C(=O)N(C)CC2CC(O)C2)c2ccccc2n1. The van der Waals surface area contributed by atoms with E-state index >= 15 is 0 Å². The number of hydrogen-bond acceptors (Lipinski definition) is 3. The summed E-state index contributed by atoms with van der Waals surface area (Å²) in [6.45, 7) is 2.61. The Bertz CT molecular complexity index is 678. The van der Waals surface area contributed by atoms with Gasteiger partial charge in [0.2, 0.25) is 0 Å². The Morgan fingerprint density at radius 1 is 1.38 bits per heavy atom. The summed E-state index contributed by atoms with van der Waals surface area (Å²) in [5.74, 6) is 0.446. The van der Waals surface area contributed by atoms with Crippen LogP contribution in [-0.2, 0) is 0 Å². The first-order valence-corrected chi connectivity index (χ1v) is 7.34. The monoisotopic (exact) mass is 284 g/mol. The van der Waals surface area contributed by atoms with Crippen LogP contribution in [0.4, 0.5) is 0 Å². The van der Waals surface area contributed by atoms with Gasteiger partial charge in [0.15, 0.2) is 0 Å². The second kappa shape index (κ2) is 5.45. The maximum absolute atomic E-state index is 12.7. The van der Waals surface area contributed by atoms with Crippen molar-refractivity contribution < 1.29 is 9.90 Å². The third-order valence-electron chi connectivity index (χ3n) is 4.16. The van der Waals surface area contributed by atoms with Gasteiger partial charge in [-0.15, -0.1) is 0 Å². The van der Waals surface area contributed by atoms with E-state index in [1.165, 1.54) is 0 Å². The molecule has 21 heavy (non-hydrogen) atoms. The predicted octanol–water partition coefficient (Wildman–Crippen LogP) is 2.39. The highest BCUT2D eigenvalue weighted by atomic mass is 16.3. The minimum absolute atomic E-state index is 0.0260. The Labute approximate surface area is 124 Å². The second-order valence-corrected chi connectivity index (χ2v) is 6.01. The molecule has 4 nitrogen and oxygen atoms in total. The van der Waals surface area contributed by atoms with E-state index in [-0.39, 0.29) is 12.0 Å². The maximum atomic E-state index is 12.7. The lowest BCUT2D eigenvalue weighted by Gasteiger charge is -2.34. The van der Waals surface area contributed by atoms with Gasteiger partial charge in [0, 0.05) is 24.7 Å². The Morgan fingerprint density at radius 2 is 2.10 bits per heavy atom. The number of aliphatic hydroxyl groups is 1. The molecule has 0 radical (unpaired) electrons. The molecule has 1 N–H and O–H groups in total. The molecule has 1 aromatic carbocycles. The molecule has 3 rings (SSSR count). The third-order valence-corrected chi connectivity index (χ3v) is 4.16. The van der Waals surface area contributed by atoms with Gasteiger partial charge in [-0.3, -0.25) is 9.78 Å². The van der Waals surface area contributed by atoms with E-state index in [9.17, 15) is 9.90 Å². The molecule has 2 aromatic rings. The molecular weight excluding hydrogens is 264 g/mol. The number of para-hydroxylation sites is 1. The van der Waals surface area contributed by atoms with Crippen LogP contribution in [0, 0.1) is 12.8 Å². The number of rotatable bonds is 3. The molecule has 0 atom stereocenters. The highest BCUT2D eigenvalue weighted by Crippen LogP contribution is 2.28. The number of amides is 1. The van der Waals surface area contributed by atoms with Gasteiger partial charge >= 0.3 is 0 Å². The summed E-state index contributed by atoms with van der Waals surface area (Å²) in [6.07, 6.45) is 1.42. The largest absolute Gasteiger partial charge is 0.393 e. The highest BCUT2D eigenvalue weighted by Gasteiger charge is 2.29. The van der Waals surface area contributed by atoms with Crippen LogP contribution in [0.2, 0.25) is 0 Å². The average molecular weight is 284 g/mol. The quantitative estimate of drug-likeness (QED) is 0.941. The Kier molecular flexibility index (Phi) is 3.64. The molecule has 1 amide bonds. The van der Waals surface area contributed by atoms with E-state index in [2.05, 4.69) is 4.98 Å². The number of benzene rings is 1. The summed E-state index contributed by atoms with van der Waals surface area (Å²) in [7, 11) is 1.83. The zero-order chi connectivity index (χ0) is 15.0. The van der Waals surface area contributed by atoms with Crippen molar-refractivity contribution in [1.82, 2.24) is 9.88 Å². The second-order valence-electron chi connectivity index (χ2n) is 6.01. The first-order chi connectivity index (χ1) is 10.0. The van der Waals surface area contributed by atoms with Crippen molar-refractivity contribution in [1.29, 1.82) is 0 Å². The molecule has 1 aromatic heterocycles. The summed E-state index contributed by atoms with van der Waals surface area (Å²) in [4.78, 5) is 18.9. The van der Waals surface area contributed by atoms with Crippen LogP contribution < -0.4 is 0 Å². The standard InChI is InChI=1S/C17H20N2O2/c1-11-7-15(14-5-3-4-6-16(14)18-11)17(21)19(2)10-12-8-13(20)9-12/h3-7,12-13,20H,8-10H2,1-2H3. The molecule has 0 aliphatic heterocycles. The van der Waals surface area contributed by atoms with E-state index in [0.29, 0.717) is 18.0 Å². The minimum atomic E-state index is -0.178. The van der Waals surface area contributed by atoms with E-state index in [1.807, 2.05) is 44.3 Å². The summed E-state index contributed by atoms with van der Waals surface area (Å²) in [5, 5.41) is 10.2. The van der Waals surface area contributed by atoms with Crippen molar-refractivity contribution in [3.05, 3.63) is 41.6 Å². The number of aromatic nitrogens is 1. The number of carbonyl (C=O) groups excluding carboxylic acids is 1. The fourth-order valence-corrected chi connectivity index (χ4v) is 3.01. The molecular formula is C17H20N2O2. The Morgan fingerprint density at radius 3 is 2.81 bits per heavy atom. The number of aryl methyl sites for hydroxylation is 1. The fraction of sp³-hybridized carbons (Fsp3) is 0.412. The number of nitrogens with zero attached hydrogens (tertiary/aromatic N) is 2. The topological polar surface area (TPSA) is 53.4 Å². The van der Waals surface area contributed by atoms with Gasteiger partial charge in [0.05, 0.1) is 17.2 Å². The molecule has 0 unspecified atom stereocenters. The molecule has 1 heterocycles. The van der Waals surface area contributed by atoms with Crippen LogP contribution in [0.15, 0.2) is 30.3 Å².